The summed E-state index contributed by atoms with van der Waals surface area (Å²) in [5.41, 5.74) is 9.08. The Morgan fingerprint density at radius 3 is 2.56 bits per heavy atom. The predicted octanol–water partition coefficient (Wildman–Crippen LogP) is 0.765. The Balaban J connectivity index is 2.17. The molecule has 0 spiro atoms. The van der Waals surface area contributed by atoms with Gasteiger partial charge in [-0.1, -0.05) is 17.2 Å². The molecule has 5 heteroatoms. The summed E-state index contributed by atoms with van der Waals surface area (Å²) in [6, 6.07) is 15.8. The van der Waals surface area contributed by atoms with E-state index in [1.807, 2.05) is 24.3 Å². The van der Waals surface area contributed by atoms with E-state index in [1.165, 1.54) is 7.14 Å². The molecule has 4 nitrogen and oxygen atoms in total. The van der Waals surface area contributed by atoms with Crippen LogP contribution in [0.15, 0.2) is 53.6 Å². The number of rotatable bonds is 4. The number of methoxy groups -OCH3 is 1. The minimum atomic E-state index is -0.256. The van der Waals surface area contributed by atoms with Crippen molar-refractivity contribution in [2.75, 3.05) is 7.11 Å². The molecule has 0 saturated carbocycles. The maximum Gasteiger partial charge on any atom is 0.357 e. The molecule has 0 atom stereocenters. The van der Waals surface area contributed by atoms with Crippen molar-refractivity contribution in [1.82, 2.24) is 0 Å². The van der Waals surface area contributed by atoms with Gasteiger partial charge in [-0.05, 0) is 35.9 Å². The summed E-state index contributed by atoms with van der Waals surface area (Å²) < 4.78 is 7.65. The van der Waals surface area contributed by atoms with Gasteiger partial charge in [0, 0.05) is 16.7 Å². The Kier molecular flexibility index (Phi) is 4.44. The van der Waals surface area contributed by atoms with Crippen LogP contribution in [0.3, 0.4) is 0 Å². The molecule has 90 valence electrons. The Hall–Kier alpha value is -1.72. The second-order valence-corrected chi connectivity index (χ2v) is 6.45. The highest BCUT2D eigenvalue weighted by Crippen LogP contribution is 2.09. The molecule has 0 N–H and O–H groups in total. The van der Waals surface area contributed by atoms with Gasteiger partial charge >= 0.3 is 21.2 Å². The summed E-state index contributed by atoms with van der Waals surface area (Å²) in [6.45, 7) is 0. The lowest BCUT2D eigenvalue weighted by Crippen LogP contribution is -3.61. The van der Waals surface area contributed by atoms with Gasteiger partial charge in [0.15, 0.2) is 7.14 Å². The highest BCUT2D eigenvalue weighted by molar-refractivity contribution is 5.35. The molecule has 0 aliphatic heterocycles. The van der Waals surface area contributed by atoms with Gasteiger partial charge in [-0.15, -0.1) is 0 Å². The van der Waals surface area contributed by atoms with Gasteiger partial charge in [0.25, 0.3) is 0 Å². The van der Waals surface area contributed by atoms with Crippen molar-refractivity contribution >= 4 is 5.69 Å². The summed E-state index contributed by atoms with van der Waals surface area (Å²) in [6.07, 6.45) is 0. The summed E-state index contributed by atoms with van der Waals surface area (Å²) in [7, 11) is 1.66. The van der Waals surface area contributed by atoms with Gasteiger partial charge < -0.3 is 4.74 Å². The zero-order valence-electron chi connectivity index (χ0n) is 9.75. The third-order valence-corrected chi connectivity index (χ3v) is 4.87. The molecule has 0 heterocycles. The molecule has 0 saturated heterocycles. The zero-order valence-corrected chi connectivity index (χ0v) is 11.9. The quantitative estimate of drug-likeness (QED) is 0.347. The second-order valence-electron chi connectivity index (χ2n) is 3.42. The molecule has 18 heavy (non-hydrogen) atoms. The first-order valence-electron chi connectivity index (χ1n) is 5.26. The van der Waals surface area contributed by atoms with Crippen LogP contribution in [-0.4, -0.2) is 7.11 Å². The second kappa shape index (κ2) is 6.28. The van der Waals surface area contributed by atoms with Crippen LogP contribution in [0.5, 0.6) is 5.75 Å². The number of ether oxygens (including phenoxy) is 1. The van der Waals surface area contributed by atoms with Crippen molar-refractivity contribution < 1.29 is 25.9 Å². The van der Waals surface area contributed by atoms with Gasteiger partial charge in [0.2, 0.25) is 0 Å². The first-order chi connectivity index (χ1) is 8.81. The molecule has 0 aliphatic carbocycles. The van der Waals surface area contributed by atoms with E-state index in [9.17, 15) is 0 Å². The molecule has 0 unspecified atom stereocenters. The van der Waals surface area contributed by atoms with Gasteiger partial charge in [-0.2, -0.15) is 0 Å². The maximum atomic E-state index is 8.41. The number of halogens is 1. The van der Waals surface area contributed by atoms with Gasteiger partial charge in [0.1, 0.15) is 5.75 Å². The van der Waals surface area contributed by atoms with E-state index >= 15 is 0 Å². The van der Waals surface area contributed by atoms with Crippen molar-refractivity contribution in [3.63, 3.8) is 0 Å². The van der Waals surface area contributed by atoms with Crippen molar-refractivity contribution in [1.29, 1.82) is 0 Å². The lowest BCUT2D eigenvalue weighted by atomic mass is 10.3. The molecule has 0 bridgehead atoms. The minimum Gasteiger partial charge on any atom is -0.497 e. The first kappa shape index (κ1) is 12.7. The molecule has 0 amide bonds. The van der Waals surface area contributed by atoms with E-state index < -0.39 is 0 Å². The fraction of sp³-hybridized carbons (Fsp3) is 0.0769. The minimum absolute atomic E-state index is 0.256. The van der Waals surface area contributed by atoms with Crippen LogP contribution in [0, 0.1) is 7.14 Å². The predicted molar refractivity (Wildman–Crippen MR) is 65.6 cm³/mol. The molecule has 2 aromatic rings. The van der Waals surface area contributed by atoms with Crippen LogP contribution >= 0.6 is 0 Å². The third-order valence-electron chi connectivity index (χ3n) is 2.24. The lowest BCUT2D eigenvalue weighted by molar-refractivity contribution is -0.597. The smallest absolute Gasteiger partial charge is 0.357 e. The fourth-order valence-corrected chi connectivity index (χ4v) is 3.71. The highest BCUT2D eigenvalue weighted by Gasteiger charge is 2.15. The normalized spacial score (nSPS) is 9.61. The van der Waals surface area contributed by atoms with E-state index in [-0.39, 0.29) is 21.2 Å². The maximum absolute atomic E-state index is 8.41. The van der Waals surface area contributed by atoms with Gasteiger partial charge in [0.05, 0.1) is 7.11 Å². The third kappa shape index (κ3) is 3.38. The molecular formula is C13H11IN3O+. The SMILES string of the molecule is COc1ccc([I+]c2cccc(N=[N+]=[N-])c2)cc1. The molecule has 0 fully saturated rings. The summed E-state index contributed by atoms with van der Waals surface area (Å²) >= 11 is -0.256. The number of azide groups is 1. The Labute approximate surface area is 115 Å². The molecular weight excluding hydrogens is 341 g/mol. The van der Waals surface area contributed by atoms with Crippen LogP contribution in [0.4, 0.5) is 5.69 Å². The molecule has 0 aromatic heterocycles. The highest BCUT2D eigenvalue weighted by atomic mass is 127. The summed E-state index contributed by atoms with van der Waals surface area (Å²) in [4.78, 5) is 2.80. The van der Waals surface area contributed by atoms with Gasteiger partial charge in [-0.3, -0.25) is 0 Å². The van der Waals surface area contributed by atoms with E-state index in [1.54, 1.807) is 13.2 Å². The lowest BCUT2D eigenvalue weighted by Gasteiger charge is -1.96. The van der Waals surface area contributed by atoms with E-state index in [2.05, 4.69) is 28.2 Å². The van der Waals surface area contributed by atoms with Crippen LogP contribution in [0.1, 0.15) is 0 Å². The Morgan fingerprint density at radius 1 is 1.11 bits per heavy atom. The number of hydrogen-bond acceptors (Lipinski definition) is 2. The van der Waals surface area contributed by atoms with Crippen molar-refractivity contribution in [2.45, 2.75) is 0 Å². The Morgan fingerprint density at radius 2 is 1.89 bits per heavy atom. The van der Waals surface area contributed by atoms with Gasteiger partial charge in [-0.25, -0.2) is 0 Å². The topological polar surface area (TPSA) is 58.0 Å². The van der Waals surface area contributed by atoms with Crippen LogP contribution < -0.4 is 25.9 Å². The molecule has 0 aliphatic rings. The number of hydrogen-bond donors (Lipinski definition) is 0. The monoisotopic (exact) mass is 352 g/mol. The van der Waals surface area contributed by atoms with Crippen LogP contribution in [-0.2, 0) is 0 Å². The Bertz CT molecular complexity index is 577. The summed E-state index contributed by atoms with van der Waals surface area (Å²) in [5, 5.41) is 3.61. The fourth-order valence-electron chi connectivity index (χ4n) is 1.41. The summed E-state index contributed by atoms with van der Waals surface area (Å²) in [5.74, 6) is 0.866. The average Bonchev–Trinajstić information content (AvgIpc) is 2.40. The molecule has 0 radical (unpaired) electrons. The van der Waals surface area contributed by atoms with Crippen LogP contribution in [0.25, 0.3) is 10.4 Å². The first-order valence-corrected chi connectivity index (χ1v) is 7.41. The average molecular weight is 352 g/mol. The van der Waals surface area contributed by atoms with E-state index in [0.717, 1.165) is 5.75 Å². The number of nitrogens with zero attached hydrogens (tertiary/aromatic N) is 3. The molecule has 2 aromatic carbocycles. The zero-order chi connectivity index (χ0) is 12.8. The van der Waals surface area contributed by atoms with Crippen molar-refractivity contribution in [3.05, 3.63) is 66.1 Å². The van der Waals surface area contributed by atoms with Crippen molar-refractivity contribution in [2.24, 2.45) is 5.11 Å². The standard InChI is InChI=1S/C13H11IN3O/c1-18-13-7-5-10(6-8-13)14-11-3-2-4-12(9-11)16-17-15/h2-9H,1H3/q+1. The van der Waals surface area contributed by atoms with E-state index in [0.29, 0.717) is 5.69 Å². The van der Waals surface area contributed by atoms with Crippen LogP contribution in [0.2, 0.25) is 0 Å². The van der Waals surface area contributed by atoms with Crippen molar-refractivity contribution in [3.8, 4) is 5.75 Å². The molecule has 2 rings (SSSR count). The largest absolute Gasteiger partial charge is 0.497 e. The van der Waals surface area contributed by atoms with E-state index in [4.69, 9.17) is 10.3 Å². The number of benzene rings is 2.